The molecule has 158 valence electrons. The number of amides is 1. The second kappa shape index (κ2) is 7.47. The molecule has 1 amide bonds. The van der Waals surface area contributed by atoms with Crippen molar-refractivity contribution in [3.63, 3.8) is 0 Å². The first-order valence-corrected chi connectivity index (χ1v) is 10.9. The van der Waals surface area contributed by atoms with Gasteiger partial charge in [-0.1, -0.05) is 55.5 Å². The summed E-state index contributed by atoms with van der Waals surface area (Å²) in [6, 6.07) is 16.9. The van der Waals surface area contributed by atoms with E-state index >= 15 is 0 Å². The van der Waals surface area contributed by atoms with Crippen LogP contribution in [-0.2, 0) is 26.2 Å². The largest absolute Gasteiger partial charge is 0.347 e. The van der Waals surface area contributed by atoms with E-state index < -0.39 is 11.2 Å². The van der Waals surface area contributed by atoms with Gasteiger partial charge < -0.3 is 14.4 Å². The van der Waals surface area contributed by atoms with E-state index in [9.17, 15) is 9.18 Å². The van der Waals surface area contributed by atoms with Crippen LogP contribution >= 0.6 is 0 Å². The van der Waals surface area contributed by atoms with Gasteiger partial charge in [0.1, 0.15) is 5.82 Å². The molecule has 0 radical (unpaired) electrons. The van der Waals surface area contributed by atoms with Gasteiger partial charge in [0.2, 0.25) is 5.91 Å². The van der Waals surface area contributed by atoms with Crippen molar-refractivity contribution >= 4 is 5.91 Å². The highest BCUT2D eigenvalue weighted by atomic mass is 19.1. The van der Waals surface area contributed by atoms with Crippen LogP contribution < -0.4 is 0 Å². The standard InChI is InChI=1S/C25H28FNO3/c1-18-21-11-14-27(17-19-7-5-6-10-22(19)26)23(28)24(21,20-8-3-2-4-9-20)12-13-25(18)29-15-16-30-25/h2-10,18,21H,11-17H2,1H3/t18-,21-,24+/m0/s1. The highest BCUT2D eigenvalue weighted by Gasteiger charge is 2.62. The third-order valence-electron chi connectivity index (χ3n) is 7.56. The fourth-order valence-corrected chi connectivity index (χ4v) is 6.04. The third kappa shape index (κ3) is 2.90. The molecule has 3 atom stereocenters. The van der Waals surface area contributed by atoms with Crippen LogP contribution in [0.4, 0.5) is 4.39 Å². The Morgan fingerprint density at radius 2 is 1.73 bits per heavy atom. The Labute approximate surface area is 177 Å². The minimum atomic E-state index is -0.620. The highest BCUT2D eigenvalue weighted by Crippen LogP contribution is 2.56. The van der Waals surface area contributed by atoms with E-state index in [4.69, 9.17) is 9.47 Å². The smallest absolute Gasteiger partial charge is 0.233 e. The number of hydrogen-bond acceptors (Lipinski definition) is 3. The van der Waals surface area contributed by atoms with Crippen molar-refractivity contribution in [1.82, 2.24) is 4.90 Å². The summed E-state index contributed by atoms with van der Waals surface area (Å²) in [6.07, 6.45) is 2.22. The molecule has 3 aliphatic rings. The zero-order chi connectivity index (χ0) is 20.8. The van der Waals surface area contributed by atoms with Gasteiger partial charge >= 0.3 is 0 Å². The van der Waals surface area contributed by atoms with Crippen molar-refractivity contribution in [2.24, 2.45) is 11.8 Å². The second-order valence-corrected chi connectivity index (χ2v) is 8.85. The molecule has 2 aromatic carbocycles. The van der Waals surface area contributed by atoms with Crippen LogP contribution in [0.3, 0.4) is 0 Å². The van der Waals surface area contributed by atoms with Crippen molar-refractivity contribution in [3.05, 3.63) is 71.5 Å². The van der Waals surface area contributed by atoms with Crippen molar-refractivity contribution < 1.29 is 18.7 Å². The molecular weight excluding hydrogens is 381 g/mol. The number of benzene rings is 2. The van der Waals surface area contributed by atoms with Crippen LogP contribution in [0.5, 0.6) is 0 Å². The number of carbonyl (C=O) groups excluding carboxylic acids is 1. The number of halogens is 1. The minimum absolute atomic E-state index is 0.105. The zero-order valence-electron chi connectivity index (χ0n) is 17.4. The van der Waals surface area contributed by atoms with Crippen molar-refractivity contribution in [2.45, 2.75) is 43.9 Å². The number of hydrogen-bond donors (Lipinski definition) is 0. The average molecular weight is 410 g/mol. The summed E-state index contributed by atoms with van der Waals surface area (Å²) >= 11 is 0. The maximum absolute atomic E-state index is 14.3. The van der Waals surface area contributed by atoms with E-state index in [2.05, 4.69) is 19.1 Å². The molecule has 0 aromatic heterocycles. The fourth-order valence-electron chi connectivity index (χ4n) is 6.04. The van der Waals surface area contributed by atoms with Crippen molar-refractivity contribution in [3.8, 4) is 0 Å². The van der Waals surface area contributed by atoms with E-state index in [1.165, 1.54) is 6.07 Å². The first-order valence-electron chi connectivity index (χ1n) is 10.9. The molecule has 3 fully saturated rings. The molecule has 2 saturated heterocycles. The Morgan fingerprint density at radius 3 is 2.47 bits per heavy atom. The molecular formula is C25H28FNO3. The third-order valence-corrected chi connectivity index (χ3v) is 7.56. The molecule has 5 rings (SSSR count). The summed E-state index contributed by atoms with van der Waals surface area (Å²) in [5.41, 5.74) is 0.998. The summed E-state index contributed by atoms with van der Waals surface area (Å²) in [4.78, 5) is 15.9. The Morgan fingerprint density at radius 1 is 1.03 bits per heavy atom. The lowest BCUT2D eigenvalue weighted by Crippen LogP contribution is -2.64. The number of piperidine rings is 1. The predicted octanol–water partition coefficient (Wildman–Crippen LogP) is 4.29. The van der Waals surface area contributed by atoms with Gasteiger partial charge in [-0.2, -0.15) is 0 Å². The molecule has 2 heterocycles. The topological polar surface area (TPSA) is 38.8 Å². The SMILES string of the molecule is C[C@H]1[C@@H]2CCN(Cc3ccccc3F)C(=O)[C@@]2(c2ccccc2)CCC12OCCO2. The van der Waals surface area contributed by atoms with Gasteiger partial charge in [0.05, 0.1) is 18.6 Å². The van der Waals surface area contributed by atoms with E-state index in [1.54, 1.807) is 12.1 Å². The molecule has 1 saturated carbocycles. The Kier molecular flexibility index (Phi) is 4.91. The van der Waals surface area contributed by atoms with Gasteiger partial charge in [-0.05, 0) is 30.4 Å². The lowest BCUT2D eigenvalue weighted by molar-refractivity contribution is -0.238. The Hall–Kier alpha value is -2.24. The first-order chi connectivity index (χ1) is 14.6. The monoisotopic (exact) mass is 409 g/mol. The molecule has 2 aliphatic heterocycles. The van der Waals surface area contributed by atoms with Gasteiger partial charge in [-0.3, -0.25) is 4.79 Å². The molecule has 5 heteroatoms. The molecule has 1 aliphatic carbocycles. The van der Waals surface area contributed by atoms with Gasteiger partial charge in [0.25, 0.3) is 0 Å². The summed E-state index contributed by atoms with van der Waals surface area (Å²) in [5, 5.41) is 0. The number of likely N-dealkylation sites (tertiary alicyclic amines) is 1. The molecule has 0 bridgehead atoms. The van der Waals surface area contributed by atoms with E-state index in [-0.39, 0.29) is 23.6 Å². The Balaban J connectivity index is 1.53. The van der Waals surface area contributed by atoms with Gasteiger partial charge in [0.15, 0.2) is 5.79 Å². The van der Waals surface area contributed by atoms with E-state index in [1.807, 2.05) is 29.2 Å². The lowest BCUT2D eigenvalue weighted by Gasteiger charge is -2.56. The number of rotatable bonds is 3. The van der Waals surface area contributed by atoms with Crippen LogP contribution in [0.15, 0.2) is 54.6 Å². The summed E-state index contributed by atoms with van der Waals surface area (Å²) in [6.45, 7) is 4.32. The van der Waals surface area contributed by atoms with Crippen molar-refractivity contribution in [2.75, 3.05) is 19.8 Å². The average Bonchev–Trinajstić information content (AvgIpc) is 3.25. The molecule has 1 spiro atoms. The minimum Gasteiger partial charge on any atom is -0.347 e. The maximum atomic E-state index is 14.3. The van der Waals surface area contributed by atoms with Crippen molar-refractivity contribution in [1.29, 1.82) is 0 Å². The summed E-state index contributed by atoms with van der Waals surface area (Å²) < 4.78 is 26.5. The lowest BCUT2D eigenvalue weighted by atomic mass is 9.54. The van der Waals surface area contributed by atoms with Crippen LogP contribution in [0.25, 0.3) is 0 Å². The van der Waals surface area contributed by atoms with Gasteiger partial charge in [-0.15, -0.1) is 0 Å². The molecule has 0 N–H and O–H groups in total. The normalized spacial score (nSPS) is 30.5. The summed E-state index contributed by atoms with van der Waals surface area (Å²) in [7, 11) is 0. The fraction of sp³-hybridized carbons (Fsp3) is 0.480. The van der Waals surface area contributed by atoms with Crippen LogP contribution in [0, 0.1) is 17.7 Å². The number of fused-ring (bicyclic) bond motifs is 1. The maximum Gasteiger partial charge on any atom is 0.233 e. The molecule has 0 unspecified atom stereocenters. The predicted molar refractivity (Wildman–Crippen MR) is 111 cm³/mol. The quantitative estimate of drug-likeness (QED) is 0.759. The van der Waals surface area contributed by atoms with Crippen LogP contribution in [0.1, 0.15) is 37.3 Å². The van der Waals surface area contributed by atoms with Crippen LogP contribution in [-0.4, -0.2) is 36.4 Å². The van der Waals surface area contributed by atoms with Gasteiger partial charge in [-0.25, -0.2) is 4.39 Å². The molecule has 4 nitrogen and oxygen atoms in total. The van der Waals surface area contributed by atoms with E-state index in [0.717, 1.165) is 12.0 Å². The van der Waals surface area contributed by atoms with Crippen LogP contribution in [0.2, 0.25) is 0 Å². The number of ether oxygens (including phenoxy) is 2. The summed E-state index contributed by atoms with van der Waals surface area (Å²) in [5.74, 6) is -0.501. The highest BCUT2D eigenvalue weighted by molar-refractivity contribution is 5.90. The molecule has 30 heavy (non-hydrogen) atoms. The number of carbonyl (C=O) groups is 1. The van der Waals surface area contributed by atoms with Gasteiger partial charge in [0, 0.05) is 31.0 Å². The van der Waals surface area contributed by atoms with E-state index in [0.29, 0.717) is 44.7 Å². The zero-order valence-corrected chi connectivity index (χ0v) is 17.4. The second-order valence-electron chi connectivity index (χ2n) is 8.85. The Bertz CT molecular complexity index is 927. The molecule has 2 aromatic rings. The first kappa shape index (κ1) is 19.7. The number of nitrogens with zero attached hydrogens (tertiary/aromatic N) is 1.